The van der Waals surface area contributed by atoms with E-state index >= 15 is 0 Å². The van der Waals surface area contributed by atoms with E-state index in [2.05, 4.69) is 0 Å². The molecule has 0 saturated carbocycles. The van der Waals surface area contributed by atoms with Crippen LogP contribution in [0.4, 0.5) is 5.82 Å². The van der Waals surface area contributed by atoms with E-state index in [-0.39, 0.29) is 6.04 Å². The van der Waals surface area contributed by atoms with Crippen LogP contribution in [-0.4, -0.2) is 36.8 Å². The molecule has 1 atom stereocenters. The highest BCUT2D eigenvalue weighted by Gasteiger charge is 2.29. The van der Waals surface area contributed by atoms with Gasteiger partial charge in [0.25, 0.3) is 0 Å². The monoisotopic (exact) mass is 425 g/mol. The average molecular weight is 426 g/mol. The van der Waals surface area contributed by atoms with E-state index in [9.17, 15) is 0 Å². The fraction of sp³-hybridized carbons (Fsp3) is 0.304. The fourth-order valence-electron chi connectivity index (χ4n) is 3.96. The first kappa shape index (κ1) is 20.3. The molecular weight excluding hydrogens is 402 g/mol. The number of aromatic nitrogens is 2. The van der Waals surface area contributed by atoms with Crippen molar-refractivity contribution in [3.8, 4) is 28.4 Å². The Balaban J connectivity index is 1.88. The van der Waals surface area contributed by atoms with Gasteiger partial charge in [0, 0.05) is 22.7 Å². The molecule has 0 fully saturated rings. The van der Waals surface area contributed by atoms with Crippen molar-refractivity contribution in [1.82, 2.24) is 9.78 Å². The standard InChI is InChI=1S/C23H24ClN3O3/c1-13-10-18(16-11-19(28-3)22(30-5)20(12-16)29-4)27-23(25-13)21(14(2)26-27)15-6-8-17(24)9-7-15/h6-9,11-12,18H,10H2,1-5H3/t18-/m1/s1. The number of benzene rings is 2. The van der Waals surface area contributed by atoms with E-state index in [4.69, 9.17) is 35.9 Å². The van der Waals surface area contributed by atoms with Crippen LogP contribution in [-0.2, 0) is 0 Å². The third-order valence-corrected chi connectivity index (χ3v) is 5.60. The summed E-state index contributed by atoms with van der Waals surface area (Å²) in [6, 6.07) is 11.7. The van der Waals surface area contributed by atoms with Crippen LogP contribution in [0, 0.1) is 6.92 Å². The van der Waals surface area contributed by atoms with E-state index in [1.165, 1.54) is 0 Å². The van der Waals surface area contributed by atoms with Crippen molar-refractivity contribution in [2.24, 2.45) is 4.99 Å². The Hall–Kier alpha value is -2.99. The SMILES string of the molecule is COc1cc([C@H]2CC(C)=Nc3c(-c4ccc(Cl)cc4)c(C)nn32)cc(OC)c1OC. The maximum absolute atomic E-state index is 6.08. The van der Waals surface area contributed by atoms with Crippen molar-refractivity contribution < 1.29 is 14.2 Å². The summed E-state index contributed by atoms with van der Waals surface area (Å²) in [6.07, 6.45) is 0.743. The highest BCUT2D eigenvalue weighted by Crippen LogP contribution is 2.45. The first-order valence-corrected chi connectivity index (χ1v) is 10.0. The quantitative estimate of drug-likeness (QED) is 0.532. The van der Waals surface area contributed by atoms with Gasteiger partial charge in [-0.05, 0) is 49.2 Å². The topological polar surface area (TPSA) is 57.9 Å². The number of aryl methyl sites for hydroxylation is 1. The van der Waals surface area contributed by atoms with Gasteiger partial charge in [0.1, 0.15) is 0 Å². The van der Waals surface area contributed by atoms with Crippen LogP contribution in [0.15, 0.2) is 41.4 Å². The van der Waals surface area contributed by atoms with Crippen LogP contribution in [0.5, 0.6) is 17.2 Å². The predicted molar refractivity (Wildman–Crippen MR) is 119 cm³/mol. The fourth-order valence-corrected chi connectivity index (χ4v) is 4.09. The lowest BCUT2D eigenvalue weighted by Crippen LogP contribution is -2.19. The van der Waals surface area contributed by atoms with Crippen LogP contribution in [0.1, 0.15) is 30.6 Å². The van der Waals surface area contributed by atoms with Crippen LogP contribution >= 0.6 is 11.6 Å². The largest absolute Gasteiger partial charge is 0.493 e. The van der Waals surface area contributed by atoms with E-state index in [0.717, 1.165) is 40.3 Å². The Morgan fingerprint density at radius 2 is 1.60 bits per heavy atom. The number of aliphatic imine (C=N–C) groups is 1. The molecule has 0 radical (unpaired) electrons. The molecule has 4 rings (SSSR count). The van der Waals surface area contributed by atoms with Gasteiger partial charge in [0.15, 0.2) is 17.3 Å². The molecule has 156 valence electrons. The first-order valence-electron chi connectivity index (χ1n) is 9.66. The molecule has 0 saturated heterocycles. The number of hydrogen-bond donors (Lipinski definition) is 0. The molecule has 2 aromatic carbocycles. The minimum atomic E-state index is -0.0362. The molecule has 6 nitrogen and oxygen atoms in total. The van der Waals surface area contributed by atoms with Gasteiger partial charge < -0.3 is 14.2 Å². The maximum atomic E-state index is 6.08. The summed E-state index contributed by atoms with van der Waals surface area (Å²) < 4.78 is 18.6. The Morgan fingerprint density at radius 3 is 2.17 bits per heavy atom. The molecule has 0 bridgehead atoms. The Bertz CT molecular complexity index is 1090. The third kappa shape index (κ3) is 3.41. The number of ether oxygens (including phenoxy) is 3. The van der Waals surface area contributed by atoms with E-state index in [1.54, 1.807) is 21.3 Å². The van der Waals surface area contributed by atoms with Crippen LogP contribution in [0.3, 0.4) is 0 Å². The first-order chi connectivity index (χ1) is 14.5. The van der Waals surface area contributed by atoms with Gasteiger partial charge in [0.2, 0.25) is 5.75 Å². The Morgan fingerprint density at radius 1 is 0.967 bits per heavy atom. The molecular formula is C23H24ClN3O3. The van der Waals surface area contributed by atoms with Crippen LogP contribution < -0.4 is 14.2 Å². The summed E-state index contributed by atoms with van der Waals surface area (Å²) in [5, 5.41) is 5.56. The van der Waals surface area contributed by atoms with Gasteiger partial charge in [-0.15, -0.1) is 0 Å². The number of rotatable bonds is 5. The summed E-state index contributed by atoms with van der Waals surface area (Å²) in [7, 11) is 4.85. The lowest BCUT2D eigenvalue weighted by atomic mass is 9.98. The molecule has 3 aromatic rings. The van der Waals surface area contributed by atoms with Crippen molar-refractivity contribution in [1.29, 1.82) is 0 Å². The molecule has 30 heavy (non-hydrogen) atoms. The predicted octanol–water partition coefficient (Wildman–Crippen LogP) is 5.62. The summed E-state index contributed by atoms with van der Waals surface area (Å²) in [5.74, 6) is 2.66. The second kappa shape index (κ2) is 8.03. The van der Waals surface area contributed by atoms with Gasteiger partial charge >= 0.3 is 0 Å². The number of nitrogens with zero attached hydrogens (tertiary/aromatic N) is 3. The van der Waals surface area contributed by atoms with E-state index in [1.807, 2.05) is 54.9 Å². The lowest BCUT2D eigenvalue weighted by Gasteiger charge is -2.25. The smallest absolute Gasteiger partial charge is 0.203 e. The van der Waals surface area contributed by atoms with Crippen molar-refractivity contribution in [2.75, 3.05) is 21.3 Å². The second-order valence-corrected chi connectivity index (χ2v) is 7.70. The number of fused-ring (bicyclic) bond motifs is 1. The van der Waals surface area contributed by atoms with Gasteiger partial charge in [-0.25, -0.2) is 9.67 Å². The van der Waals surface area contributed by atoms with Crippen LogP contribution in [0.2, 0.25) is 5.02 Å². The summed E-state index contributed by atoms with van der Waals surface area (Å²) in [4.78, 5) is 4.86. The highest BCUT2D eigenvalue weighted by molar-refractivity contribution is 6.30. The number of halogens is 1. The maximum Gasteiger partial charge on any atom is 0.203 e. The molecule has 1 aliphatic rings. The third-order valence-electron chi connectivity index (χ3n) is 5.35. The molecule has 0 aliphatic carbocycles. The summed E-state index contributed by atoms with van der Waals surface area (Å²) in [6.45, 7) is 4.05. The molecule has 7 heteroatoms. The van der Waals surface area contributed by atoms with E-state index in [0.29, 0.717) is 22.3 Å². The minimum absolute atomic E-state index is 0.0362. The number of hydrogen-bond acceptors (Lipinski definition) is 5. The normalized spacial score (nSPS) is 15.4. The van der Waals surface area contributed by atoms with Crippen molar-refractivity contribution in [2.45, 2.75) is 26.3 Å². The number of methoxy groups -OCH3 is 3. The summed E-state index contributed by atoms with van der Waals surface area (Å²) in [5.41, 5.74) is 5.04. The zero-order valence-electron chi connectivity index (χ0n) is 17.7. The molecule has 0 spiro atoms. The molecule has 2 heterocycles. The van der Waals surface area contributed by atoms with Gasteiger partial charge in [-0.1, -0.05) is 23.7 Å². The average Bonchev–Trinajstić information content (AvgIpc) is 3.08. The minimum Gasteiger partial charge on any atom is -0.493 e. The summed E-state index contributed by atoms with van der Waals surface area (Å²) >= 11 is 6.08. The van der Waals surface area contributed by atoms with Crippen molar-refractivity contribution in [3.05, 3.63) is 52.7 Å². The molecule has 0 N–H and O–H groups in total. The van der Waals surface area contributed by atoms with Crippen molar-refractivity contribution in [3.63, 3.8) is 0 Å². The zero-order valence-corrected chi connectivity index (χ0v) is 18.4. The zero-order chi connectivity index (χ0) is 21.4. The van der Waals surface area contributed by atoms with Crippen LogP contribution in [0.25, 0.3) is 11.1 Å². The second-order valence-electron chi connectivity index (χ2n) is 7.26. The lowest BCUT2D eigenvalue weighted by molar-refractivity contribution is 0.323. The molecule has 0 unspecified atom stereocenters. The van der Waals surface area contributed by atoms with Crippen molar-refractivity contribution >= 4 is 23.1 Å². The van der Waals surface area contributed by atoms with Gasteiger partial charge in [0.05, 0.1) is 33.1 Å². The van der Waals surface area contributed by atoms with Gasteiger partial charge in [-0.3, -0.25) is 0 Å². The molecule has 0 amide bonds. The Kier molecular flexibility index (Phi) is 5.43. The molecule has 1 aliphatic heterocycles. The Labute approximate surface area is 181 Å². The van der Waals surface area contributed by atoms with Gasteiger partial charge in [-0.2, -0.15) is 5.10 Å². The molecule has 1 aromatic heterocycles. The van der Waals surface area contributed by atoms with E-state index < -0.39 is 0 Å². The highest BCUT2D eigenvalue weighted by atomic mass is 35.5.